The smallest absolute Gasteiger partial charge is 0.346 e. The number of carbonyl (C=O) groups is 4. The van der Waals surface area contributed by atoms with Gasteiger partial charge in [0.15, 0.2) is 5.56 Å². The van der Waals surface area contributed by atoms with Crippen molar-refractivity contribution in [1.29, 1.82) is 0 Å². The molecular formula is C32H44N2O10S33. The molecule has 0 aliphatic heterocycles. The number of rotatable bonds is 17. The molecule has 77 heavy (non-hydrogen) atoms. The summed E-state index contributed by atoms with van der Waals surface area (Å²) in [6.07, 6.45) is 6.38. The monoisotopic (exact) mass is 1670 g/mol. The Kier molecular flexibility index (Phi) is 67.3. The SMILES string of the molecule is CCCCOC(=O)c1cccc(N)c1C(=O)OCCCC.CCCCOC(=O)c1cccc([N+](=O)[O-])c1C(=O)OCCCC.S=S=S=S=S=S=S=S=S=S=S=S=S=S=S=S.S=S=S=S=S=S=S=S=S=S=S=S=S=S=S=S=S. The van der Waals surface area contributed by atoms with E-state index in [4.69, 9.17) is 69.4 Å². The molecule has 440 valence electrons. The summed E-state index contributed by atoms with van der Waals surface area (Å²) < 4.78 is 20.4. The zero-order valence-electron chi connectivity index (χ0n) is 39.5. The molecular weight excluding hydrogens is 1630 g/mol. The molecule has 0 aromatic heterocycles. The van der Waals surface area contributed by atoms with Gasteiger partial charge in [-0.1, -0.05) is 65.5 Å². The number of nitro benzene ring substituents is 1. The highest BCUT2D eigenvalue weighted by molar-refractivity contribution is 8.78. The van der Waals surface area contributed by atoms with Crippen molar-refractivity contribution < 1.29 is 43.0 Å². The molecule has 2 N–H and O–H groups in total. The Hall–Kier alpha value is 2.78. The van der Waals surface area contributed by atoms with Crippen LogP contribution in [0.1, 0.15) is 120 Å². The van der Waals surface area contributed by atoms with Gasteiger partial charge >= 0.3 is 23.9 Å². The molecule has 0 spiro atoms. The van der Waals surface area contributed by atoms with Crippen LogP contribution in [0.2, 0.25) is 0 Å². The molecule has 2 aromatic carbocycles. The van der Waals surface area contributed by atoms with Crippen molar-refractivity contribution in [2.75, 3.05) is 32.2 Å². The van der Waals surface area contributed by atoms with Crippen LogP contribution < -0.4 is 5.73 Å². The Morgan fingerprint density at radius 1 is 0.416 bits per heavy atom. The lowest BCUT2D eigenvalue weighted by molar-refractivity contribution is -0.385. The Morgan fingerprint density at radius 3 is 0.935 bits per heavy atom. The summed E-state index contributed by atoms with van der Waals surface area (Å²) >= 11 is 18.9. The predicted octanol–water partition coefficient (Wildman–Crippen LogP) is 6.61. The van der Waals surface area contributed by atoms with Crippen LogP contribution in [0.3, 0.4) is 0 Å². The molecule has 45 heteroatoms. The summed E-state index contributed by atoms with van der Waals surface area (Å²) in [6.45, 7) is 8.86. The molecule has 0 amide bonds. The molecule has 0 unspecified atom stereocenters. The topological polar surface area (TPSA) is 174 Å². The van der Waals surface area contributed by atoms with E-state index in [9.17, 15) is 29.3 Å². The quantitative estimate of drug-likeness (QED) is 0.0447. The van der Waals surface area contributed by atoms with Crippen molar-refractivity contribution in [3.8, 4) is 0 Å². The van der Waals surface area contributed by atoms with E-state index in [1.165, 1.54) is 59.8 Å². The van der Waals surface area contributed by atoms with E-state index >= 15 is 0 Å². The molecule has 0 aliphatic rings. The lowest BCUT2D eigenvalue weighted by Crippen LogP contribution is -2.17. The molecule has 2 rings (SSSR count). The summed E-state index contributed by atoms with van der Waals surface area (Å²) in [4.78, 5) is 58.8. The minimum atomic E-state index is -0.881. The van der Waals surface area contributed by atoms with Crippen LogP contribution in [0.15, 0.2) is 36.4 Å². The number of nitrogens with two attached hydrogens (primary N) is 1. The van der Waals surface area contributed by atoms with Crippen LogP contribution >= 0.6 is 0 Å². The zero-order chi connectivity index (χ0) is 57.4. The normalized spacial score (nSPS) is 8.94. The molecule has 0 atom stereocenters. The van der Waals surface area contributed by atoms with Gasteiger partial charge in [0.1, 0.15) is 0 Å². The zero-order valence-corrected chi connectivity index (χ0v) is 66.5. The fourth-order valence-electron chi connectivity index (χ4n) is 3.87. The van der Waals surface area contributed by atoms with E-state index in [0.717, 1.165) is 38.5 Å². The number of ether oxygens (including phenoxy) is 4. The van der Waals surface area contributed by atoms with Gasteiger partial charge in [-0.25, -0.2) is 19.2 Å². The molecule has 0 aliphatic carbocycles. The van der Waals surface area contributed by atoms with Gasteiger partial charge in [0.05, 0.1) is 48.0 Å². The van der Waals surface area contributed by atoms with Crippen molar-refractivity contribution in [3.05, 3.63) is 68.8 Å². The Labute approximate surface area is 550 Å². The number of benzene rings is 2. The molecule has 12 nitrogen and oxygen atoms in total. The summed E-state index contributed by atoms with van der Waals surface area (Å²) in [5, 5.41) is 11.1. The minimum absolute atomic E-state index is 0.0927. The van der Waals surface area contributed by atoms with E-state index in [1.807, 2.05) is 27.7 Å². The van der Waals surface area contributed by atoms with E-state index in [1.54, 1.807) is 234 Å². The average molecular weight is 1670 g/mol. The third kappa shape index (κ3) is 48.6. The van der Waals surface area contributed by atoms with E-state index < -0.39 is 34.5 Å². The second kappa shape index (κ2) is 63.3. The summed E-state index contributed by atoms with van der Waals surface area (Å²) in [6, 6.07) is 8.56. The van der Waals surface area contributed by atoms with Gasteiger partial charge in [0.2, 0.25) is 0 Å². The van der Waals surface area contributed by atoms with E-state index in [0.29, 0.717) is 26.1 Å². The minimum Gasteiger partial charge on any atom is -0.462 e. The van der Waals surface area contributed by atoms with Gasteiger partial charge in [-0.15, -0.1) is 0 Å². The maximum absolute atomic E-state index is 12.2. The van der Waals surface area contributed by atoms with Gasteiger partial charge in [-0.05, 0) is 43.9 Å². The fourth-order valence-corrected chi connectivity index (χ4v) is 72.5. The van der Waals surface area contributed by atoms with Gasteiger partial charge < -0.3 is 24.7 Å². The molecule has 2 aromatic rings. The van der Waals surface area contributed by atoms with Crippen LogP contribution in [-0.2, 0) is 321 Å². The van der Waals surface area contributed by atoms with Crippen LogP contribution in [0.25, 0.3) is 0 Å². The largest absolute Gasteiger partial charge is 0.462 e. The summed E-state index contributed by atoms with van der Waals surface area (Å²) in [5.41, 5.74) is 5.33. The number of hydrogen-bond donors (Lipinski definition) is 1. The maximum Gasteiger partial charge on any atom is 0.346 e. The molecule has 0 heterocycles. The van der Waals surface area contributed by atoms with Crippen LogP contribution in [0.5, 0.6) is 0 Å². The fraction of sp³-hybridized carbons (Fsp3) is 0.500. The lowest BCUT2D eigenvalue weighted by atomic mass is 10.1. The first-order valence-electron chi connectivity index (χ1n) is 20.1. The number of nitrogens with zero attached hydrogens (tertiary/aromatic N) is 1. The molecule has 0 fully saturated rings. The number of hydrogen-bond acceptors (Lipinski definition) is 15. The first-order chi connectivity index (χ1) is 37.5. The van der Waals surface area contributed by atoms with E-state index in [2.05, 4.69) is 0 Å². The van der Waals surface area contributed by atoms with Crippen LogP contribution in [-0.4, -0.2) is 55.2 Å². The number of unbranched alkanes of at least 4 members (excludes halogenated alkanes) is 4. The van der Waals surface area contributed by atoms with E-state index in [-0.39, 0.29) is 41.2 Å². The summed E-state index contributed by atoms with van der Waals surface area (Å²) in [5.74, 6) is -2.76. The lowest BCUT2D eigenvalue weighted by Gasteiger charge is -2.11. The Morgan fingerprint density at radius 2 is 0.662 bits per heavy atom. The van der Waals surface area contributed by atoms with Crippen molar-refractivity contribution in [2.24, 2.45) is 0 Å². The Balaban J connectivity index is 0. The average Bonchev–Trinajstić information content (AvgIpc) is 3.43. The van der Waals surface area contributed by atoms with Crippen molar-refractivity contribution in [1.82, 2.24) is 0 Å². The number of nitro groups is 1. The first-order valence-corrected chi connectivity index (χ1v) is 61.5. The third-order valence-electron chi connectivity index (χ3n) is 6.86. The van der Waals surface area contributed by atoms with Crippen LogP contribution in [0.4, 0.5) is 11.4 Å². The highest BCUT2D eigenvalue weighted by atomic mass is 33.5. The highest BCUT2D eigenvalue weighted by Gasteiger charge is 2.29. The highest BCUT2D eigenvalue weighted by Crippen LogP contribution is 2.25. The molecule has 0 bridgehead atoms. The van der Waals surface area contributed by atoms with Gasteiger partial charge in [-0.3, -0.25) is 10.1 Å². The molecule has 0 radical (unpaired) electrons. The van der Waals surface area contributed by atoms with Crippen molar-refractivity contribution in [2.45, 2.75) is 79.1 Å². The number of nitrogen functional groups attached to an aromatic ring is 1. The Bertz CT molecular complexity index is 3530. The summed E-state index contributed by atoms with van der Waals surface area (Å²) in [7, 11) is 48.9. The number of anilines is 1. The van der Waals surface area contributed by atoms with Crippen molar-refractivity contribution in [3.63, 3.8) is 0 Å². The number of esters is 4. The standard InChI is InChI=1S/C16H21NO6.C16H23NO4.S17.S16/c1-3-5-10-22-15(18)12-8-7-9-13(17(20)21)14(12)16(19)23-11-6-4-2;1-3-5-10-20-15(18)12-8-7-9-13(17)14(12)16(19)21-11-6-4-2;1-3-5-7-9-11-13-15-17-16-14-12-10-8-6-4-2;1-3-5-7-9-11-13-15-16-14-12-10-8-6-4-2/h7-9H,3-6,10-11H2,1-2H3;7-9H,3-6,10-11,17H2,1-2H3;;. The predicted molar refractivity (Wildman–Crippen MR) is 408 cm³/mol. The number of carbonyl (C=O) groups excluding carboxylic acids is 4. The molecule has 0 saturated heterocycles. The van der Waals surface area contributed by atoms with Crippen molar-refractivity contribution >= 4 is 338 Å². The van der Waals surface area contributed by atoms with Gasteiger partial charge in [-0.2, -0.15) is 0 Å². The second-order valence-electron chi connectivity index (χ2n) is 11.7. The molecule has 0 saturated carbocycles. The third-order valence-corrected chi connectivity index (χ3v) is 66.9. The van der Waals surface area contributed by atoms with Gasteiger partial charge in [0.25, 0.3) is 5.69 Å². The van der Waals surface area contributed by atoms with Gasteiger partial charge in [0, 0.05) is 314 Å². The van der Waals surface area contributed by atoms with Crippen LogP contribution in [0, 0.1) is 10.1 Å². The first kappa shape index (κ1) is 81.8. The maximum atomic E-state index is 12.2. The second-order valence-corrected chi connectivity index (χ2v) is 63.0.